The summed E-state index contributed by atoms with van der Waals surface area (Å²) < 4.78 is 5.58. The second-order valence-corrected chi connectivity index (χ2v) is 5.27. The van der Waals surface area contributed by atoms with Gasteiger partial charge in [0.25, 0.3) is 0 Å². The number of rotatable bonds is 5. The predicted octanol–water partition coefficient (Wildman–Crippen LogP) is 3.51. The molecule has 1 aliphatic rings. The van der Waals surface area contributed by atoms with E-state index in [2.05, 4.69) is 55.3 Å². The highest BCUT2D eigenvalue weighted by Gasteiger charge is 2.18. The molecule has 0 aliphatic carbocycles. The molecule has 3 nitrogen and oxygen atoms in total. The highest BCUT2D eigenvalue weighted by Crippen LogP contribution is 2.21. The summed E-state index contributed by atoms with van der Waals surface area (Å²) in [4.78, 5) is 2.36. The summed E-state index contributed by atoms with van der Waals surface area (Å²) in [7, 11) is 0. The molecule has 0 bridgehead atoms. The monoisotopic (exact) mass is 262 g/mol. The molecule has 2 unspecified atom stereocenters. The van der Waals surface area contributed by atoms with Gasteiger partial charge in [0.1, 0.15) is 0 Å². The van der Waals surface area contributed by atoms with Crippen molar-refractivity contribution in [3.05, 3.63) is 24.3 Å². The minimum atomic E-state index is 0.376. The Kier molecular flexibility index (Phi) is 5.08. The van der Waals surface area contributed by atoms with Gasteiger partial charge >= 0.3 is 0 Å². The van der Waals surface area contributed by atoms with Crippen molar-refractivity contribution in [1.82, 2.24) is 0 Å². The van der Waals surface area contributed by atoms with Crippen molar-refractivity contribution in [3.63, 3.8) is 0 Å². The summed E-state index contributed by atoms with van der Waals surface area (Å²) in [6.07, 6.45) is 2.57. The lowest BCUT2D eigenvalue weighted by atomic mass is 10.0. The molecule has 3 heteroatoms. The lowest BCUT2D eigenvalue weighted by molar-refractivity contribution is 0.0232. The molecule has 0 saturated carbocycles. The molecular weight excluding hydrogens is 236 g/mol. The Balaban J connectivity index is 1.94. The SMILES string of the molecule is CCN(CC)c1ccc(NC2CCOC(C)C2)cc1. The maximum Gasteiger partial charge on any atom is 0.0566 e. The smallest absolute Gasteiger partial charge is 0.0566 e. The van der Waals surface area contributed by atoms with Crippen molar-refractivity contribution in [2.24, 2.45) is 0 Å². The molecule has 0 spiro atoms. The van der Waals surface area contributed by atoms with Crippen molar-refractivity contribution in [3.8, 4) is 0 Å². The Morgan fingerprint density at radius 2 is 1.89 bits per heavy atom. The average molecular weight is 262 g/mol. The van der Waals surface area contributed by atoms with E-state index in [1.807, 2.05) is 0 Å². The first-order valence-electron chi connectivity index (χ1n) is 7.46. The maximum atomic E-state index is 5.58. The van der Waals surface area contributed by atoms with E-state index >= 15 is 0 Å². The van der Waals surface area contributed by atoms with Crippen LogP contribution in [0, 0.1) is 0 Å². The van der Waals surface area contributed by atoms with Crippen molar-refractivity contribution < 1.29 is 4.74 Å². The molecule has 2 atom stereocenters. The summed E-state index contributed by atoms with van der Waals surface area (Å²) >= 11 is 0. The number of hydrogen-bond acceptors (Lipinski definition) is 3. The molecule has 106 valence electrons. The third kappa shape index (κ3) is 3.87. The molecule has 0 radical (unpaired) electrons. The number of hydrogen-bond donors (Lipinski definition) is 1. The highest BCUT2D eigenvalue weighted by molar-refractivity contribution is 5.55. The number of nitrogens with zero attached hydrogens (tertiary/aromatic N) is 1. The molecule has 1 aromatic carbocycles. The second kappa shape index (κ2) is 6.80. The fourth-order valence-electron chi connectivity index (χ4n) is 2.72. The number of benzene rings is 1. The van der Waals surface area contributed by atoms with E-state index in [0.717, 1.165) is 32.5 Å². The van der Waals surface area contributed by atoms with E-state index in [-0.39, 0.29) is 0 Å². The van der Waals surface area contributed by atoms with Crippen LogP contribution in [-0.4, -0.2) is 31.8 Å². The minimum absolute atomic E-state index is 0.376. The van der Waals surface area contributed by atoms with Crippen LogP contribution < -0.4 is 10.2 Å². The van der Waals surface area contributed by atoms with E-state index in [4.69, 9.17) is 4.74 Å². The number of ether oxygens (including phenoxy) is 1. The molecule has 1 saturated heterocycles. The van der Waals surface area contributed by atoms with Gasteiger partial charge < -0.3 is 15.0 Å². The van der Waals surface area contributed by atoms with E-state index in [0.29, 0.717) is 12.1 Å². The van der Waals surface area contributed by atoms with E-state index in [1.54, 1.807) is 0 Å². The number of anilines is 2. The van der Waals surface area contributed by atoms with Crippen LogP contribution in [0.4, 0.5) is 11.4 Å². The minimum Gasteiger partial charge on any atom is -0.382 e. The van der Waals surface area contributed by atoms with E-state index in [1.165, 1.54) is 11.4 Å². The molecule has 1 N–H and O–H groups in total. The summed E-state index contributed by atoms with van der Waals surface area (Å²) in [6.45, 7) is 9.52. The van der Waals surface area contributed by atoms with Gasteiger partial charge in [-0.2, -0.15) is 0 Å². The lowest BCUT2D eigenvalue weighted by Gasteiger charge is -2.29. The second-order valence-electron chi connectivity index (χ2n) is 5.27. The maximum absolute atomic E-state index is 5.58. The molecule has 1 aliphatic heterocycles. The molecule has 19 heavy (non-hydrogen) atoms. The first kappa shape index (κ1) is 14.2. The molecule has 1 aromatic rings. The largest absolute Gasteiger partial charge is 0.382 e. The van der Waals surface area contributed by atoms with Crippen LogP contribution in [0.1, 0.15) is 33.6 Å². The topological polar surface area (TPSA) is 24.5 Å². The molecule has 2 rings (SSSR count). The van der Waals surface area contributed by atoms with Gasteiger partial charge in [-0.1, -0.05) is 0 Å². The van der Waals surface area contributed by atoms with Gasteiger partial charge in [0.15, 0.2) is 0 Å². The molecule has 1 heterocycles. The first-order chi connectivity index (χ1) is 9.22. The van der Waals surface area contributed by atoms with Gasteiger partial charge in [0.05, 0.1) is 6.10 Å². The summed E-state index contributed by atoms with van der Waals surface area (Å²) in [6, 6.07) is 9.33. The van der Waals surface area contributed by atoms with Crippen molar-refractivity contribution in [1.29, 1.82) is 0 Å². The first-order valence-corrected chi connectivity index (χ1v) is 7.46. The normalized spacial score (nSPS) is 23.1. The lowest BCUT2D eigenvalue weighted by Crippen LogP contribution is -2.32. The Bertz CT molecular complexity index is 373. The van der Waals surface area contributed by atoms with Crippen molar-refractivity contribution in [2.45, 2.75) is 45.8 Å². The Hall–Kier alpha value is -1.22. The van der Waals surface area contributed by atoms with Crippen LogP contribution >= 0.6 is 0 Å². The average Bonchev–Trinajstić information content (AvgIpc) is 2.42. The Morgan fingerprint density at radius 3 is 2.47 bits per heavy atom. The van der Waals surface area contributed by atoms with E-state index in [9.17, 15) is 0 Å². The predicted molar refractivity (Wildman–Crippen MR) is 82.1 cm³/mol. The molecule has 0 amide bonds. The van der Waals surface area contributed by atoms with Gasteiger partial charge in [0.2, 0.25) is 0 Å². The van der Waals surface area contributed by atoms with Gasteiger partial charge in [-0.05, 0) is 57.9 Å². The van der Waals surface area contributed by atoms with Gasteiger partial charge in [-0.15, -0.1) is 0 Å². The Labute approximate surface area is 116 Å². The fraction of sp³-hybridized carbons (Fsp3) is 0.625. The quantitative estimate of drug-likeness (QED) is 0.879. The Morgan fingerprint density at radius 1 is 1.21 bits per heavy atom. The zero-order valence-electron chi connectivity index (χ0n) is 12.4. The van der Waals surface area contributed by atoms with Crippen LogP contribution in [0.25, 0.3) is 0 Å². The molecule has 1 fully saturated rings. The van der Waals surface area contributed by atoms with Crippen LogP contribution in [0.3, 0.4) is 0 Å². The van der Waals surface area contributed by atoms with Gasteiger partial charge in [-0.3, -0.25) is 0 Å². The van der Waals surface area contributed by atoms with Crippen LogP contribution in [0.5, 0.6) is 0 Å². The highest BCUT2D eigenvalue weighted by atomic mass is 16.5. The third-order valence-corrected chi connectivity index (χ3v) is 3.85. The van der Waals surface area contributed by atoms with Gasteiger partial charge in [0, 0.05) is 37.1 Å². The van der Waals surface area contributed by atoms with Gasteiger partial charge in [-0.25, -0.2) is 0 Å². The van der Waals surface area contributed by atoms with Crippen molar-refractivity contribution in [2.75, 3.05) is 29.9 Å². The molecular formula is C16H26N2O. The zero-order valence-corrected chi connectivity index (χ0v) is 12.4. The standard InChI is InChI=1S/C16H26N2O/c1-4-18(5-2)16-8-6-14(7-9-16)17-15-10-11-19-13(3)12-15/h6-9,13,15,17H,4-5,10-12H2,1-3H3. The van der Waals surface area contributed by atoms with Crippen molar-refractivity contribution >= 4 is 11.4 Å². The van der Waals surface area contributed by atoms with Crippen LogP contribution in [0.2, 0.25) is 0 Å². The van der Waals surface area contributed by atoms with Crippen LogP contribution in [0.15, 0.2) is 24.3 Å². The zero-order chi connectivity index (χ0) is 13.7. The van der Waals surface area contributed by atoms with E-state index < -0.39 is 0 Å². The molecule has 0 aromatic heterocycles. The summed E-state index contributed by atoms with van der Waals surface area (Å²) in [5.74, 6) is 0. The number of nitrogens with one attached hydrogen (secondary N) is 1. The van der Waals surface area contributed by atoms with Crippen LogP contribution in [-0.2, 0) is 4.74 Å². The third-order valence-electron chi connectivity index (χ3n) is 3.85. The summed E-state index contributed by atoms with van der Waals surface area (Å²) in [5.41, 5.74) is 2.52. The summed E-state index contributed by atoms with van der Waals surface area (Å²) in [5, 5.41) is 3.61. The fourth-order valence-corrected chi connectivity index (χ4v) is 2.72.